The first-order chi connectivity index (χ1) is 10.1. The summed E-state index contributed by atoms with van der Waals surface area (Å²) in [6.45, 7) is 1.72. The van der Waals surface area contributed by atoms with E-state index in [1.54, 1.807) is 24.3 Å². The summed E-state index contributed by atoms with van der Waals surface area (Å²) in [5, 5.41) is 5.20. The van der Waals surface area contributed by atoms with Gasteiger partial charge < -0.3 is 20.1 Å². The van der Waals surface area contributed by atoms with Crippen LogP contribution in [0.15, 0.2) is 24.3 Å². The number of hydrogen-bond acceptors (Lipinski definition) is 5. The highest BCUT2D eigenvalue weighted by molar-refractivity contribution is 5.97. The van der Waals surface area contributed by atoms with Crippen molar-refractivity contribution in [1.29, 1.82) is 0 Å². The van der Waals surface area contributed by atoms with Crippen LogP contribution in [0.25, 0.3) is 0 Å². The molecule has 1 aromatic rings. The van der Waals surface area contributed by atoms with E-state index >= 15 is 0 Å². The molecule has 0 aromatic heterocycles. The van der Waals surface area contributed by atoms with E-state index in [0.717, 1.165) is 0 Å². The topological polar surface area (TPSA) is 93.7 Å². The molecule has 0 saturated heterocycles. The van der Waals surface area contributed by atoms with Crippen LogP contribution in [0.2, 0.25) is 0 Å². The third-order valence-corrected chi connectivity index (χ3v) is 2.37. The van der Waals surface area contributed by atoms with Crippen molar-refractivity contribution in [3.05, 3.63) is 29.8 Å². The minimum absolute atomic E-state index is 0.208. The Labute approximate surface area is 122 Å². The normalized spacial score (nSPS) is 9.81. The van der Waals surface area contributed by atoms with Gasteiger partial charge in [0.05, 0.1) is 0 Å². The smallest absolute Gasteiger partial charge is 0.332 e. The average Bonchev–Trinajstić information content (AvgIpc) is 2.46. The van der Waals surface area contributed by atoms with Gasteiger partial charge in [0.25, 0.3) is 11.8 Å². The summed E-state index contributed by atoms with van der Waals surface area (Å²) < 4.78 is 9.25. The molecule has 0 aliphatic rings. The molecule has 1 aromatic carbocycles. The van der Waals surface area contributed by atoms with Crippen LogP contribution in [0.5, 0.6) is 0 Å². The number of carbonyl (C=O) groups excluding carboxylic acids is 3. The van der Waals surface area contributed by atoms with Gasteiger partial charge in [-0.25, -0.2) is 4.79 Å². The number of benzene rings is 1. The van der Waals surface area contributed by atoms with Gasteiger partial charge >= 0.3 is 5.97 Å². The van der Waals surface area contributed by atoms with E-state index < -0.39 is 18.5 Å². The molecule has 0 bridgehead atoms. The minimum atomic E-state index is -0.622. The lowest BCUT2D eigenvalue weighted by molar-refractivity contribution is -0.150. The van der Waals surface area contributed by atoms with Gasteiger partial charge in [0.2, 0.25) is 0 Å². The van der Waals surface area contributed by atoms with Crippen LogP contribution in [0.4, 0.5) is 5.69 Å². The number of esters is 1. The summed E-state index contributed by atoms with van der Waals surface area (Å²) in [6, 6.07) is 6.47. The van der Waals surface area contributed by atoms with Gasteiger partial charge in [0.15, 0.2) is 6.61 Å². The van der Waals surface area contributed by atoms with E-state index in [2.05, 4.69) is 20.1 Å². The molecule has 7 heteroatoms. The Hall–Kier alpha value is -2.41. The molecule has 0 atom stereocenters. The fraction of sp³-hybridized carbons (Fsp3) is 0.357. The van der Waals surface area contributed by atoms with Crippen LogP contribution >= 0.6 is 0 Å². The lowest BCUT2D eigenvalue weighted by Crippen LogP contribution is -2.24. The molecule has 0 aliphatic heterocycles. The van der Waals surface area contributed by atoms with Crippen molar-refractivity contribution in [2.24, 2.45) is 0 Å². The van der Waals surface area contributed by atoms with Crippen LogP contribution in [0.3, 0.4) is 0 Å². The maximum atomic E-state index is 11.7. The molecular weight excluding hydrogens is 276 g/mol. The molecule has 7 nitrogen and oxygen atoms in total. The van der Waals surface area contributed by atoms with Crippen molar-refractivity contribution in [3.63, 3.8) is 0 Å². The predicted octanol–water partition coefficient (Wildman–Crippen LogP) is 0.564. The zero-order valence-corrected chi connectivity index (χ0v) is 12.0. The lowest BCUT2D eigenvalue weighted by Gasteiger charge is -2.08. The van der Waals surface area contributed by atoms with Gasteiger partial charge in [-0.05, 0) is 25.1 Å². The van der Waals surface area contributed by atoms with E-state index in [1.807, 2.05) is 6.92 Å². The molecule has 0 fully saturated rings. The fourth-order valence-electron chi connectivity index (χ4n) is 1.50. The molecule has 1 rings (SSSR count). The Morgan fingerprint density at radius 2 is 1.95 bits per heavy atom. The maximum Gasteiger partial charge on any atom is 0.332 e. The highest BCUT2D eigenvalue weighted by Gasteiger charge is 2.09. The first-order valence-corrected chi connectivity index (χ1v) is 6.39. The standard InChI is InChI=1S/C14H18N2O5/c1-3-15-14(19)10-5-4-6-11(7-10)16-12(17)8-21-13(18)9-20-2/h4-7H,3,8-9H2,1-2H3,(H,15,19)(H,16,17). The highest BCUT2D eigenvalue weighted by Crippen LogP contribution is 2.10. The molecular formula is C14H18N2O5. The monoisotopic (exact) mass is 294 g/mol. The number of hydrogen-bond donors (Lipinski definition) is 2. The van der Waals surface area contributed by atoms with Gasteiger partial charge in [-0.15, -0.1) is 0 Å². The van der Waals surface area contributed by atoms with Gasteiger partial charge in [-0.1, -0.05) is 6.07 Å². The van der Waals surface area contributed by atoms with Crippen molar-refractivity contribution in [3.8, 4) is 0 Å². The van der Waals surface area contributed by atoms with Gasteiger partial charge in [-0.2, -0.15) is 0 Å². The number of carbonyl (C=O) groups is 3. The molecule has 0 spiro atoms. The first kappa shape index (κ1) is 16.6. The van der Waals surface area contributed by atoms with E-state index in [4.69, 9.17) is 0 Å². The molecule has 114 valence electrons. The molecule has 0 aliphatic carbocycles. The van der Waals surface area contributed by atoms with Crippen molar-refractivity contribution in [2.75, 3.05) is 32.2 Å². The average molecular weight is 294 g/mol. The van der Waals surface area contributed by atoms with E-state index in [-0.39, 0.29) is 12.5 Å². The number of amides is 2. The SMILES string of the molecule is CCNC(=O)c1cccc(NC(=O)COC(=O)COC)c1. The molecule has 0 heterocycles. The van der Waals surface area contributed by atoms with Crippen LogP contribution in [-0.4, -0.2) is 44.7 Å². The zero-order valence-electron chi connectivity index (χ0n) is 12.0. The number of anilines is 1. The second-order valence-electron chi connectivity index (χ2n) is 4.08. The summed E-state index contributed by atoms with van der Waals surface area (Å²) in [7, 11) is 1.36. The number of rotatable bonds is 7. The first-order valence-electron chi connectivity index (χ1n) is 6.39. The van der Waals surface area contributed by atoms with Gasteiger partial charge in [0.1, 0.15) is 6.61 Å². The molecule has 0 radical (unpaired) electrons. The highest BCUT2D eigenvalue weighted by atomic mass is 16.6. The third-order valence-electron chi connectivity index (χ3n) is 2.37. The van der Waals surface area contributed by atoms with Crippen molar-refractivity contribution >= 4 is 23.5 Å². The predicted molar refractivity (Wildman–Crippen MR) is 75.9 cm³/mol. The van der Waals surface area contributed by atoms with Crippen molar-refractivity contribution in [1.82, 2.24) is 5.32 Å². The molecule has 0 unspecified atom stereocenters. The maximum absolute atomic E-state index is 11.7. The Morgan fingerprint density at radius 1 is 1.19 bits per heavy atom. The molecule has 0 saturated carbocycles. The van der Waals surface area contributed by atoms with Crippen molar-refractivity contribution in [2.45, 2.75) is 6.92 Å². The molecule has 2 N–H and O–H groups in total. The lowest BCUT2D eigenvalue weighted by atomic mass is 10.2. The van der Waals surface area contributed by atoms with Gasteiger partial charge in [0, 0.05) is 24.9 Å². The van der Waals surface area contributed by atoms with Crippen LogP contribution < -0.4 is 10.6 Å². The van der Waals surface area contributed by atoms with E-state index in [0.29, 0.717) is 17.8 Å². The summed E-state index contributed by atoms with van der Waals surface area (Å²) in [4.78, 5) is 34.3. The number of nitrogens with one attached hydrogen (secondary N) is 2. The Bertz CT molecular complexity index is 516. The number of methoxy groups -OCH3 is 1. The molecule has 21 heavy (non-hydrogen) atoms. The van der Waals surface area contributed by atoms with E-state index in [9.17, 15) is 14.4 Å². The second kappa shape index (κ2) is 8.70. The summed E-state index contributed by atoms with van der Waals surface area (Å²) in [5.74, 6) is -1.34. The third kappa shape index (κ3) is 6.05. The van der Waals surface area contributed by atoms with Crippen LogP contribution in [0, 0.1) is 0 Å². The van der Waals surface area contributed by atoms with E-state index in [1.165, 1.54) is 7.11 Å². The Balaban J connectivity index is 2.54. The zero-order chi connectivity index (χ0) is 15.7. The Kier molecular flexibility index (Phi) is 6.90. The quantitative estimate of drug-likeness (QED) is 0.717. The number of ether oxygens (including phenoxy) is 2. The Morgan fingerprint density at radius 3 is 2.62 bits per heavy atom. The minimum Gasteiger partial charge on any atom is -0.454 e. The summed E-state index contributed by atoms with van der Waals surface area (Å²) >= 11 is 0. The summed E-state index contributed by atoms with van der Waals surface area (Å²) in [5.41, 5.74) is 0.887. The largest absolute Gasteiger partial charge is 0.454 e. The van der Waals surface area contributed by atoms with Crippen molar-refractivity contribution < 1.29 is 23.9 Å². The fourth-order valence-corrected chi connectivity index (χ4v) is 1.50. The summed E-state index contributed by atoms with van der Waals surface area (Å²) in [6.07, 6.45) is 0. The van der Waals surface area contributed by atoms with Crippen LogP contribution in [0.1, 0.15) is 17.3 Å². The van der Waals surface area contributed by atoms with Crippen LogP contribution in [-0.2, 0) is 19.1 Å². The second-order valence-corrected chi connectivity index (χ2v) is 4.08. The van der Waals surface area contributed by atoms with Gasteiger partial charge in [-0.3, -0.25) is 9.59 Å². The molecule has 2 amide bonds.